The molecule has 8 heteroatoms. The molecule has 0 bridgehead atoms. The number of carbonyl (C=O) groups is 1. The third kappa shape index (κ3) is 2.80. The number of imidazole rings is 1. The number of rotatable bonds is 3. The third-order valence-corrected chi connectivity index (χ3v) is 6.62. The Morgan fingerprint density at radius 3 is 2.79 bits per heavy atom. The van der Waals surface area contributed by atoms with Gasteiger partial charge in [-0.05, 0) is 37.5 Å². The SMILES string of the molecule is O=C(C1CC1)N1CCCN(S(=O)(=O)c2ccc3nc[nH]c3c2)CC1. The van der Waals surface area contributed by atoms with Crippen LogP contribution in [0.25, 0.3) is 11.0 Å². The molecular weight excluding hydrogens is 328 g/mol. The molecule has 0 unspecified atom stereocenters. The Morgan fingerprint density at radius 1 is 1.17 bits per heavy atom. The molecular formula is C16H20N4O3S. The lowest BCUT2D eigenvalue weighted by atomic mass is 10.3. The molecule has 1 aromatic heterocycles. The lowest BCUT2D eigenvalue weighted by Crippen LogP contribution is -2.37. The van der Waals surface area contributed by atoms with Crippen molar-refractivity contribution in [3.63, 3.8) is 0 Å². The second-order valence-corrected chi connectivity index (χ2v) is 8.38. The van der Waals surface area contributed by atoms with Crippen LogP contribution in [-0.4, -0.2) is 59.7 Å². The number of amides is 1. The van der Waals surface area contributed by atoms with Crippen molar-refractivity contribution in [2.45, 2.75) is 24.2 Å². The fraction of sp³-hybridized carbons (Fsp3) is 0.500. The minimum Gasteiger partial charge on any atom is -0.345 e. The Labute approximate surface area is 140 Å². The first-order valence-corrected chi connectivity index (χ1v) is 9.72. The number of carbonyl (C=O) groups excluding carboxylic acids is 1. The molecule has 1 amide bonds. The molecule has 1 aliphatic heterocycles. The van der Waals surface area contributed by atoms with Crippen molar-refractivity contribution in [2.24, 2.45) is 5.92 Å². The number of nitrogens with one attached hydrogen (secondary N) is 1. The van der Waals surface area contributed by atoms with E-state index in [0.29, 0.717) is 38.1 Å². The summed E-state index contributed by atoms with van der Waals surface area (Å²) in [4.78, 5) is 21.3. The van der Waals surface area contributed by atoms with Gasteiger partial charge >= 0.3 is 0 Å². The summed E-state index contributed by atoms with van der Waals surface area (Å²) in [6, 6.07) is 4.92. The monoisotopic (exact) mass is 348 g/mol. The number of hydrogen-bond donors (Lipinski definition) is 1. The van der Waals surface area contributed by atoms with Crippen molar-refractivity contribution in [1.29, 1.82) is 0 Å². The Morgan fingerprint density at radius 2 is 2.00 bits per heavy atom. The highest BCUT2D eigenvalue weighted by Crippen LogP contribution is 2.31. The number of sulfonamides is 1. The van der Waals surface area contributed by atoms with Crippen LogP contribution in [0.3, 0.4) is 0 Å². The molecule has 2 fully saturated rings. The standard InChI is InChI=1S/C16H20N4O3S/c21-16(12-2-3-12)19-6-1-7-20(9-8-19)24(22,23)13-4-5-14-15(10-13)18-11-17-14/h4-5,10-12H,1-3,6-9H2,(H,17,18). The minimum atomic E-state index is -3.56. The van der Waals surface area contributed by atoms with Gasteiger partial charge in [0, 0.05) is 32.1 Å². The maximum Gasteiger partial charge on any atom is 0.243 e. The molecule has 0 radical (unpaired) electrons. The van der Waals surface area contributed by atoms with Crippen molar-refractivity contribution >= 4 is 27.0 Å². The van der Waals surface area contributed by atoms with E-state index < -0.39 is 10.0 Å². The maximum atomic E-state index is 12.9. The predicted octanol–water partition coefficient (Wildman–Crippen LogP) is 1.20. The largest absolute Gasteiger partial charge is 0.345 e. The van der Waals surface area contributed by atoms with Crippen LogP contribution >= 0.6 is 0 Å². The zero-order chi connectivity index (χ0) is 16.7. The highest BCUT2D eigenvalue weighted by atomic mass is 32.2. The molecule has 24 heavy (non-hydrogen) atoms. The summed E-state index contributed by atoms with van der Waals surface area (Å²) >= 11 is 0. The van der Waals surface area contributed by atoms with Crippen molar-refractivity contribution in [3.8, 4) is 0 Å². The fourth-order valence-electron chi connectivity index (χ4n) is 3.17. The van der Waals surface area contributed by atoms with E-state index in [4.69, 9.17) is 0 Å². The van der Waals surface area contributed by atoms with Crippen LogP contribution in [0.4, 0.5) is 0 Å². The van der Waals surface area contributed by atoms with E-state index in [1.807, 2.05) is 4.90 Å². The summed E-state index contributed by atoms with van der Waals surface area (Å²) in [6.45, 7) is 1.90. The van der Waals surface area contributed by atoms with Gasteiger partial charge in [-0.2, -0.15) is 4.31 Å². The van der Waals surface area contributed by atoms with E-state index in [0.717, 1.165) is 18.4 Å². The van der Waals surface area contributed by atoms with Gasteiger partial charge in [-0.3, -0.25) is 4.79 Å². The Balaban J connectivity index is 1.54. The molecule has 0 atom stereocenters. The van der Waals surface area contributed by atoms with E-state index in [9.17, 15) is 13.2 Å². The molecule has 128 valence electrons. The molecule has 0 spiro atoms. The predicted molar refractivity (Wildman–Crippen MR) is 88.8 cm³/mol. The van der Waals surface area contributed by atoms with Crippen molar-refractivity contribution in [2.75, 3.05) is 26.2 Å². The van der Waals surface area contributed by atoms with Crippen LogP contribution in [0.5, 0.6) is 0 Å². The maximum absolute atomic E-state index is 12.9. The Hall–Kier alpha value is -1.93. The van der Waals surface area contributed by atoms with E-state index in [-0.39, 0.29) is 16.7 Å². The smallest absolute Gasteiger partial charge is 0.243 e. The van der Waals surface area contributed by atoms with E-state index in [1.54, 1.807) is 24.5 Å². The summed E-state index contributed by atoms with van der Waals surface area (Å²) < 4.78 is 27.3. The molecule has 1 saturated heterocycles. The number of fused-ring (bicyclic) bond motifs is 1. The topological polar surface area (TPSA) is 86.4 Å². The van der Waals surface area contributed by atoms with Gasteiger partial charge in [0.15, 0.2) is 0 Å². The summed E-state index contributed by atoms with van der Waals surface area (Å²) in [5, 5.41) is 0. The lowest BCUT2D eigenvalue weighted by Gasteiger charge is -2.22. The second-order valence-electron chi connectivity index (χ2n) is 6.44. The van der Waals surface area contributed by atoms with E-state index in [2.05, 4.69) is 9.97 Å². The average Bonchev–Trinajstić information content (AvgIpc) is 3.36. The summed E-state index contributed by atoms with van der Waals surface area (Å²) in [6.07, 6.45) is 4.17. The van der Waals surface area contributed by atoms with Crippen LogP contribution < -0.4 is 0 Å². The van der Waals surface area contributed by atoms with E-state index in [1.165, 1.54) is 4.31 Å². The lowest BCUT2D eigenvalue weighted by molar-refractivity contribution is -0.132. The number of hydrogen-bond acceptors (Lipinski definition) is 4. The Kier molecular flexibility index (Phi) is 3.80. The quantitative estimate of drug-likeness (QED) is 0.903. The fourth-order valence-corrected chi connectivity index (χ4v) is 4.66. The highest BCUT2D eigenvalue weighted by molar-refractivity contribution is 7.89. The van der Waals surface area contributed by atoms with Gasteiger partial charge < -0.3 is 9.88 Å². The number of H-pyrrole nitrogens is 1. The number of aromatic nitrogens is 2. The van der Waals surface area contributed by atoms with Gasteiger partial charge in [0.1, 0.15) is 0 Å². The Bertz CT molecular complexity index is 872. The molecule has 1 saturated carbocycles. The highest BCUT2D eigenvalue weighted by Gasteiger charge is 2.35. The van der Waals surface area contributed by atoms with Gasteiger partial charge in [-0.1, -0.05) is 0 Å². The van der Waals surface area contributed by atoms with Gasteiger partial charge in [0.2, 0.25) is 15.9 Å². The summed E-state index contributed by atoms with van der Waals surface area (Å²) in [5.41, 5.74) is 1.45. The molecule has 1 aliphatic carbocycles. The average molecular weight is 348 g/mol. The molecule has 4 rings (SSSR count). The molecule has 2 aliphatic rings. The van der Waals surface area contributed by atoms with Crippen LogP contribution in [-0.2, 0) is 14.8 Å². The van der Waals surface area contributed by atoms with Crippen molar-refractivity contribution in [1.82, 2.24) is 19.2 Å². The van der Waals surface area contributed by atoms with Crippen LogP contribution in [0.2, 0.25) is 0 Å². The summed E-state index contributed by atoms with van der Waals surface area (Å²) in [7, 11) is -3.56. The zero-order valence-electron chi connectivity index (χ0n) is 13.3. The van der Waals surface area contributed by atoms with Gasteiger partial charge in [0.25, 0.3) is 0 Å². The number of nitrogens with zero attached hydrogens (tertiary/aromatic N) is 3. The van der Waals surface area contributed by atoms with E-state index >= 15 is 0 Å². The second kappa shape index (κ2) is 5.86. The van der Waals surface area contributed by atoms with Crippen molar-refractivity contribution in [3.05, 3.63) is 24.5 Å². The zero-order valence-corrected chi connectivity index (χ0v) is 14.1. The first-order chi connectivity index (χ1) is 11.6. The van der Waals surface area contributed by atoms with Crippen LogP contribution in [0, 0.1) is 5.92 Å². The minimum absolute atomic E-state index is 0.177. The van der Waals surface area contributed by atoms with Gasteiger partial charge in [-0.15, -0.1) is 0 Å². The summed E-state index contributed by atoms with van der Waals surface area (Å²) in [5.74, 6) is 0.365. The molecule has 1 N–H and O–H groups in total. The first-order valence-electron chi connectivity index (χ1n) is 8.28. The number of benzene rings is 1. The van der Waals surface area contributed by atoms with Gasteiger partial charge in [-0.25, -0.2) is 13.4 Å². The molecule has 2 heterocycles. The van der Waals surface area contributed by atoms with Gasteiger partial charge in [0.05, 0.1) is 22.3 Å². The number of aromatic amines is 1. The van der Waals surface area contributed by atoms with Crippen LogP contribution in [0.1, 0.15) is 19.3 Å². The molecule has 2 aromatic rings. The molecule has 1 aromatic carbocycles. The first kappa shape index (κ1) is 15.6. The molecule has 7 nitrogen and oxygen atoms in total. The van der Waals surface area contributed by atoms with Crippen LogP contribution in [0.15, 0.2) is 29.4 Å². The van der Waals surface area contributed by atoms with Crippen molar-refractivity contribution < 1.29 is 13.2 Å². The normalized spacial score (nSPS) is 20.2. The third-order valence-electron chi connectivity index (χ3n) is 4.72.